The summed E-state index contributed by atoms with van der Waals surface area (Å²) in [6.07, 6.45) is 2.56. The van der Waals surface area contributed by atoms with Gasteiger partial charge in [0.1, 0.15) is 11.4 Å². The van der Waals surface area contributed by atoms with E-state index in [0.29, 0.717) is 0 Å². The third-order valence-corrected chi connectivity index (χ3v) is 3.19. The van der Waals surface area contributed by atoms with E-state index in [9.17, 15) is 0 Å². The topological polar surface area (TPSA) is 54.2 Å². The molecule has 0 spiro atoms. The molecule has 1 fully saturated rings. The maximum atomic E-state index is 4.70. The highest BCUT2D eigenvalue weighted by molar-refractivity contribution is 5.03. The van der Waals surface area contributed by atoms with Crippen LogP contribution < -0.4 is 5.32 Å². The molecule has 1 aromatic rings. The van der Waals surface area contributed by atoms with Crippen LogP contribution in [0.3, 0.4) is 0 Å². The van der Waals surface area contributed by atoms with Crippen LogP contribution in [0.1, 0.15) is 24.2 Å². The fourth-order valence-electron chi connectivity index (χ4n) is 2.22. The summed E-state index contributed by atoms with van der Waals surface area (Å²) in [5.41, 5.74) is 1.86. The van der Waals surface area contributed by atoms with Gasteiger partial charge in [-0.15, -0.1) is 0 Å². The normalized spacial score (nSPS) is 18.2. The smallest absolute Gasteiger partial charge is 0.122 e. The maximum Gasteiger partial charge on any atom is 0.122 e. The first-order chi connectivity index (χ1) is 7.75. The maximum absolute atomic E-state index is 4.70. The number of piperidine rings is 1. The predicted octanol–water partition coefficient (Wildman–Crippen LogP) is 0.809. The fourth-order valence-corrected chi connectivity index (χ4v) is 2.22. The molecular weight excluding hydrogens is 204 g/mol. The number of nitrogens with zero attached hydrogens (tertiary/aromatic N) is 3. The van der Waals surface area contributed by atoms with Crippen LogP contribution in [0.25, 0.3) is 0 Å². The molecule has 1 aliphatic heterocycles. The zero-order valence-electron chi connectivity index (χ0n) is 10.1. The first-order valence-electron chi connectivity index (χ1n) is 5.93. The van der Waals surface area contributed by atoms with Crippen LogP contribution in [0, 0.1) is 12.8 Å². The molecular formula is C11H20N4O. The average Bonchev–Trinajstić information content (AvgIpc) is 2.66. The Balaban J connectivity index is 1.79. The largest absolute Gasteiger partial charge is 0.317 e. The Kier molecular flexibility index (Phi) is 3.90. The van der Waals surface area contributed by atoms with Gasteiger partial charge < -0.3 is 10.2 Å². The zero-order chi connectivity index (χ0) is 11.4. The lowest BCUT2D eigenvalue weighted by molar-refractivity contribution is 0.227. The van der Waals surface area contributed by atoms with Crippen molar-refractivity contribution in [3.8, 4) is 0 Å². The second-order valence-electron chi connectivity index (χ2n) is 4.69. The van der Waals surface area contributed by atoms with E-state index in [-0.39, 0.29) is 0 Å². The molecule has 1 N–H and O–H groups in total. The summed E-state index contributed by atoms with van der Waals surface area (Å²) < 4.78 is 4.70. The number of aryl methyl sites for hydroxylation is 1. The van der Waals surface area contributed by atoms with Crippen LogP contribution in [0.4, 0.5) is 0 Å². The molecule has 0 atom stereocenters. The Bertz CT molecular complexity index is 320. The number of nitrogens with one attached hydrogen (secondary N) is 1. The van der Waals surface area contributed by atoms with Gasteiger partial charge in [-0.1, -0.05) is 10.3 Å². The van der Waals surface area contributed by atoms with Crippen LogP contribution >= 0.6 is 0 Å². The number of aromatic nitrogens is 2. The van der Waals surface area contributed by atoms with Gasteiger partial charge >= 0.3 is 0 Å². The van der Waals surface area contributed by atoms with E-state index in [1.165, 1.54) is 12.8 Å². The molecule has 2 heterocycles. The molecule has 0 unspecified atom stereocenters. The van der Waals surface area contributed by atoms with Crippen LogP contribution in [0.15, 0.2) is 4.63 Å². The molecule has 0 aliphatic carbocycles. The summed E-state index contributed by atoms with van der Waals surface area (Å²) in [5, 5.41) is 11.1. The molecule has 0 radical (unpaired) electrons. The minimum Gasteiger partial charge on any atom is -0.317 e. The van der Waals surface area contributed by atoms with Crippen molar-refractivity contribution in [3.63, 3.8) is 0 Å². The molecule has 1 saturated heterocycles. The van der Waals surface area contributed by atoms with Crippen molar-refractivity contribution in [2.45, 2.75) is 26.3 Å². The molecule has 5 nitrogen and oxygen atoms in total. The average molecular weight is 224 g/mol. The Hall–Kier alpha value is -0.940. The Labute approximate surface area is 96.2 Å². The molecule has 90 valence electrons. The number of rotatable bonds is 4. The molecule has 5 heteroatoms. The van der Waals surface area contributed by atoms with Crippen molar-refractivity contribution in [2.75, 3.05) is 26.7 Å². The first-order valence-corrected chi connectivity index (χ1v) is 5.93. The SMILES string of the molecule is Cc1nonc1CN(C)CC1CCNCC1. The minimum atomic E-state index is 0.811. The highest BCUT2D eigenvalue weighted by Crippen LogP contribution is 2.14. The zero-order valence-corrected chi connectivity index (χ0v) is 10.1. The van der Waals surface area contributed by atoms with Crippen LogP contribution in [-0.2, 0) is 6.54 Å². The molecule has 0 bridgehead atoms. The molecule has 0 amide bonds. The Morgan fingerprint density at radius 1 is 1.38 bits per heavy atom. The summed E-state index contributed by atoms with van der Waals surface area (Å²) in [4.78, 5) is 2.31. The van der Waals surface area contributed by atoms with Gasteiger partial charge in [0, 0.05) is 13.1 Å². The van der Waals surface area contributed by atoms with Crippen LogP contribution in [0.5, 0.6) is 0 Å². The van der Waals surface area contributed by atoms with Crippen LogP contribution in [0.2, 0.25) is 0 Å². The van der Waals surface area contributed by atoms with Crippen molar-refractivity contribution < 1.29 is 4.63 Å². The predicted molar refractivity (Wildman–Crippen MR) is 61.0 cm³/mol. The summed E-state index contributed by atoms with van der Waals surface area (Å²) in [7, 11) is 2.14. The monoisotopic (exact) mass is 224 g/mol. The van der Waals surface area contributed by atoms with Crippen LogP contribution in [-0.4, -0.2) is 41.9 Å². The third kappa shape index (κ3) is 3.02. The summed E-state index contributed by atoms with van der Waals surface area (Å²) in [6, 6.07) is 0. The van der Waals surface area contributed by atoms with E-state index in [2.05, 4.69) is 27.6 Å². The highest BCUT2D eigenvalue weighted by atomic mass is 16.6. The molecule has 0 saturated carbocycles. The van der Waals surface area contributed by atoms with Crippen molar-refractivity contribution >= 4 is 0 Å². The van der Waals surface area contributed by atoms with Crippen molar-refractivity contribution in [3.05, 3.63) is 11.4 Å². The van der Waals surface area contributed by atoms with Crippen molar-refractivity contribution in [1.29, 1.82) is 0 Å². The molecule has 0 aromatic carbocycles. The number of hydrogen-bond donors (Lipinski definition) is 1. The minimum absolute atomic E-state index is 0.811. The van der Waals surface area contributed by atoms with Gasteiger partial charge in [-0.25, -0.2) is 4.63 Å². The summed E-state index contributed by atoms with van der Waals surface area (Å²) in [5.74, 6) is 0.811. The van der Waals surface area contributed by atoms with Crippen molar-refractivity contribution in [1.82, 2.24) is 20.5 Å². The van der Waals surface area contributed by atoms with E-state index >= 15 is 0 Å². The van der Waals surface area contributed by atoms with Gasteiger partial charge in [0.15, 0.2) is 0 Å². The van der Waals surface area contributed by atoms with Gasteiger partial charge in [0.25, 0.3) is 0 Å². The number of hydrogen-bond acceptors (Lipinski definition) is 5. The van der Waals surface area contributed by atoms with Gasteiger partial charge in [-0.3, -0.25) is 0 Å². The lowest BCUT2D eigenvalue weighted by Crippen LogP contribution is -2.34. The summed E-state index contributed by atoms with van der Waals surface area (Å²) in [6.45, 7) is 6.21. The van der Waals surface area contributed by atoms with E-state index in [1.54, 1.807) is 0 Å². The van der Waals surface area contributed by atoms with E-state index in [0.717, 1.165) is 43.5 Å². The van der Waals surface area contributed by atoms with Gasteiger partial charge in [0.05, 0.1) is 0 Å². The van der Waals surface area contributed by atoms with Gasteiger partial charge in [-0.05, 0) is 45.8 Å². The van der Waals surface area contributed by atoms with E-state index in [1.807, 2.05) is 6.92 Å². The standard InChI is InChI=1S/C11H20N4O/c1-9-11(14-16-13-9)8-15(2)7-10-3-5-12-6-4-10/h10,12H,3-8H2,1-2H3. The van der Waals surface area contributed by atoms with E-state index in [4.69, 9.17) is 4.63 Å². The molecule has 16 heavy (non-hydrogen) atoms. The van der Waals surface area contributed by atoms with Crippen molar-refractivity contribution in [2.24, 2.45) is 5.92 Å². The molecule has 1 aliphatic rings. The Morgan fingerprint density at radius 2 is 2.12 bits per heavy atom. The lowest BCUT2D eigenvalue weighted by atomic mass is 9.98. The summed E-state index contributed by atoms with van der Waals surface area (Å²) >= 11 is 0. The second kappa shape index (κ2) is 5.41. The van der Waals surface area contributed by atoms with Gasteiger partial charge in [0.2, 0.25) is 0 Å². The fraction of sp³-hybridized carbons (Fsp3) is 0.818. The molecule has 1 aromatic heterocycles. The van der Waals surface area contributed by atoms with E-state index < -0.39 is 0 Å². The molecule has 2 rings (SSSR count). The Morgan fingerprint density at radius 3 is 2.75 bits per heavy atom. The van der Waals surface area contributed by atoms with Gasteiger partial charge in [-0.2, -0.15) is 0 Å². The second-order valence-corrected chi connectivity index (χ2v) is 4.69. The lowest BCUT2D eigenvalue weighted by Gasteiger charge is -2.27. The highest BCUT2D eigenvalue weighted by Gasteiger charge is 2.16. The third-order valence-electron chi connectivity index (χ3n) is 3.19. The quantitative estimate of drug-likeness (QED) is 0.820. The first kappa shape index (κ1) is 11.5.